The SMILES string of the molecule is CC(C)C1CC(NCC2CCC2)CN(C2CCCC2)C1. The third-order valence-electron chi connectivity index (χ3n) is 6.22. The lowest BCUT2D eigenvalue weighted by Gasteiger charge is -2.43. The fraction of sp³-hybridized carbons (Fsp3) is 1.00. The van der Waals surface area contributed by atoms with Crippen LogP contribution in [0.4, 0.5) is 0 Å². The molecule has 1 saturated heterocycles. The molecule has 2 saturated carbocycles. The highest BCUT2D eigenvalue weighted by Crippen LogP contribution is 2.31. The van der Waals surface area contributed by atoms with Gasteiger partial charge in [0.25, 0.3) is 0 Å². The molecule has 0 aromatic rings. The van der Waals surface area contributed by atoms with Crippen molar-refractivity contribution in [2.24, 2.45) is 17.8 Å². The Kier molecular flexibility index (Phi) is 5.04. The number of hydrogen-bond acceptors (Lipinski definition) is 2. The van der Waals surface area contributed by atoms with E-state index in [0.717, 1.165) is 29.8 Å². The Morgan fingerprint density at radius 3 is 2.35 bits per heavy atom. The minimum atomic E-state index is 0.761. The van der Waals surface area contributed by atoms with Gasteiger partial charge in [-0.2, -0.15) is 0 Å². The summed E-state index contributed by atoms with van der Waals surface area (Å²) in [6.07, 6.45) is 11.7. The number of rotatable bonds is 5. The van der Waals surface area contributed by atoms with Crippen LogP contribution in [0.5, 0.6) is 0 Å². The van der Waals surface area contributed by atoms with Gasteiger partial charge in [0.2, 0.25) is 0 Å². The van der Waals surface area contributed by atoms with Crippen LogP contribution in [0.3, 0.4) is 0 Å². The van der Waals surface area contributed by atoms with Gasteiger partial charge in [-0.25, -0.2) is 0 Å². The van der Waals surface area contributed by atoms with Crippen LogP contribution >= 0.6 is 0 Å². The van der Waals surface area contributed by atoms with Gasteiger partial charge >= 0.3 is 0 Å². The highest BCUT2D eigenvalue weighted by atomic mass is 15.2. The second kappa shape index (κ2) is 6.79. The minimum absolute atomic E-state index is 0.761. The summed E-state index contributed by atoms with van der Waals surface area (Å²) in [7, 11) is 0. The number of nitrogens with one attached hydrogen (secondary N) is 1. The molecule has 116 valence electrons. The molecule has 1 N–H and O–H groups in total. The zero-order chi connectivity index (χ0) is 13.9. The van der Waals surface area contributed by atoms with Crippen molar-refractivity contribution in [3.63, 3.8) is 0 Å². The Bertz CT molecular complexity index is 292. The van der Waals surface area contributed by atoms with Crippen LogP contribution in [0.25, 0.3) is 0 Å². The van der Waals surface area contributed by atoms with Gasteiger partial charge in [-0.05, 0) is 56.4 Å². The third-order valence-corrected chi connectivity index (χ3v) is 6.22. The molecule has 2 nitrogen and oxygen atoms in total. The second-order valence-corrected chi connectivity index (χ2v) is 8.03. The predicted molar refractivity (Wildman–Crippen MR) is 85.9 cm³/mol. The monoisotopic (exact) mass is 278 g/mol. The smallest absolute Gasteiger partial charge is 0.0198 e. The molecule has 3 rings (SSSR count). The molecule has 0 radical (unpaired) electrons. The van der Waals surface area contributed by atoms with E-state index < -0.39 is 0 Å². The number of piperidine rings is 1. The van der Waals surface area contributed by atoms with Gasteiger partial charge in [0, 0.05) is 25.2 Å². The fourth-order valence-electron chi connectivity index (χ4n) is 4.40. The minimum Gasteiger partial charge on any atom is -0.312 e. The van der Waals surface area contributed by atoms with Crippen LogP contribution in [0.1, 0.15) is 65.2 Å². The Labute approximate surface area is 125 Å². The third kappa shape index (κ3) is 3.57. The lowest BCUT2D eigenvalue weighted by atomic mass is 9.83. The molecular weight excluding hydrogens is 244 g/mol. The summed E-state index contributed by atoms with van der Waals surface area (Å²) >= 11 is 0. The normalized spacial score (nSPS) is 33.8. The summed E-state index contributed by atoms with van der Waals surface area (Å²) in [5, 5.41) is 3.92. The maximum Gasteiger partial charge on any atom is 0.0198 e. The standard InChI is InChI=1S/C18H34N2/c1-14(2)16-10-17(19-11-15-6-5-7-15)13-20(12-16)18-8-3-4-9-18/h14-19H,3-13H2,1-2H3. The van der Waals surface area contributed by atoms with E-state index >= 15 is 0 Å². The molecule has 0 aromatic heterocycles. The van der Waals surface area contributed by atoms with Crippen molar-refractivity contribution in [1.82, 2.24) is 10.2 Å². The molecule has 0 spiro atoms. The number of nitrogens with zero attached hydrogens (tertiary/aromatic N) is 1. The maximum atomic E-state index is 3.92. The zero-order valence-corrected chi connectivity index (χ0v) is 13.6. The second-order valence-electron chi connectivity index (χ2n) is 8.03. The van der Waals surface area contributed by atoms with Crippen molar-refractivity contribution < 1.29 is 0 Å². The van der Waals surface area contributed by atoms with Crippen molar-refractivity contribution in [2.75, 3.05) is 19.6 Å². The molecule has 0 amide bonds. The first kappa shape index (κ1) is 14.8. The van der Waals surface area contributed by atoms with E-state index in [0.29, 0.717) is 0 Å². The van der Waals surface area contributed by atoms with E-state index in [-0.39, 0.29) is 0 Å². The first-order valence-electron chi connectivity index (χ1n) is 9.20. The highest BCUT2D eigenvalue weighted by Gasteiger charge is 2.33. The van der Waals surface area contributed by atoms with Gasteiger partial charge in [0.1, 0.15) is 0 Å². The quantitative estimate of drug-likeness (QED) is 0.825. The summed E-state index contributed by atoms with van der Waals surface area (Å²) in [6, 6.07) is 1.67. The molecule has 1 heterocycles. The van der Waals surface area contributed by atoms with Gasteiger partial charge in [-0.15, -0.1) is 0 Å². The summed E-state index contributed by atoms with van der Waals surface area (Å²) in [5.41, 5.74) is 0. The molecule has 3 aliphatic rings. The van der Waals surface area contributed by atoms with Gasteiger partial charge in [0.05, 0.1) is 0 Å². The number of likely N-dealkylation sites (tertiary alicyclic amines) is 1. The van der Waals surface area contributed by atoms with Crippen LogP contribution < -0.4 is 5.32 Å². The molecule has 2 heteroatoms. The summed E-state index contributed by atoms with van der Waals surface area (Å²) in [5.74, 6) is 2.74. The van der Waals surface area contributed by atoms with Crippen molar-refractivity contribution in [3.05, 3.63) is 0 Å². The predicted octanol–water partition coefficient (Wildman–Crippen LogP) is 3.67. The van der Waals surface area contributed by atoms with E-state index in [4.69, 9.17) is 0 Å². The van der Waals surface area contributed by atoms with E-state index in [2.05, 4.69) is 24.1 Å². The van der Waals surface area contributed by atoms with Crippen LogP contribution in [-0.4, -0.2) is 36.6 Å². The molecule has 2 aliphatic carbocycles. The summed E-state index contributed by atoms with van der Waals surface area (Å²) in [4.78, 5) is 2.85. The van der Waals surface area contributed by atoms with Gasteiger partial charge in [-0.3, -0.25) is 4.90 Å². The molecule has 2 atom stereocenters. The first-order chi connectivity index (χ1) is 9.72. The molecule has 20 heavy (non-hydrogen) atoms. The van der Waals surface area contributed by atoms with E-state index in [1.807, 2.05) is 0 Å². The fourth-order valence-corrected chi connectivity index (χ4v) is 4.40. The maximum absolute atomic E-state index is 3.92. The van der Waals surface area contributed by atoms with E-state index in [1.54, 1.807) is 0 Å². The molecule has 1 aliphatic heterocycles. The Balaban J connectivity index is 1.54. The molecular formula is C18H34N2. The lowest BCUT2D eigenvalue weighted by molar-refractivity contribution is 0.0769. The van der Waals surface area contributed by atoms with Crippen LogP contribution in [0.2, 0.25) is 0 Å². The van der Waals surface area contributed by atoms with Crippen LogP contribution in [0.15, 0.2) is 0 Å². The number of hydrogen-bond donors (Lipinski definition) is 1. The van der Waals surface area contributed by atoms with Crippen LogP contribution in [0, 0.1) is 17.8 Å². The van der Waals surface area contributed by atoms with Crippen molar-refractivity contribution in [3.8, 4) is 0 Å². The Hall–Kier alpha value is -0.0800. The van der Waals surface area contributed by atoms with Gasteiger partial charge < -0.3 is 5.32 Å². The molecule has 3 fully saturated rings. The Morgan fingerprint density at radius 1 is 1.00 bits per heavy atom. The zero-order valence-electron chi connectivity index (χ0n) is 13.6. The van der Waals surface area contributed by atoms with E-state index in [1.165, 1.54) is 71.0 Å². The van der Waals surface area contributed by atoms with Gasteiger partial charge in [0.15, 0.2) is 0 Å². The largest absolute Gasteiger partial charge is 0.312 e. The molecule has 0 aromatic carbocycles. The molecule has 0 bridgehead atoms. The van der Waals surface area contributed by atoms with Crippen molar-refractivity contribution in [2.45, 2.75) is 77.3 Å². The highest BCUT2D eigenvalue weighted by molar-refractivity contribution is 4.90. The van der Waals surface area contributed by atoms with Crippen LogP contribution in [-0.2, 0) is 0 Å². The van der Waals surface area contributed by atoms with Gasteiger partial charge in [-0.1, -0.05) is 33.1 Å². The average Bonchev–Trinajstić information content (AvgIpc) is 2.90. The van der Waals surface area contributed by atoms with E-state index in [9.17, 15) is 0 Å². The summed E-state index contributed by atoms with van der Waals surface area (Å²) < 4.78 is 0. The van der Waals surface area contributed by atoms with Crippen molar-refractivity contribution >= 4 is 0 Å². The summed E-state index contributed by atoms with van der Waals surface area (Å²) in [6.45, 7) is 8.82. The topological polar surface area (TPSA) is 15.3 Å². The van der Waals surface area contributed by atoms with Crippen molar-refractivity contribution in [1.29, 1.82) is 0 Å². The lowest BCUT2D eigenvalue weighted by Crippen LogP contribution is -2.53. The first-order valence-corrected chi connectivity index (χ1v) is 9.20. The Morgan fingerprint density at radius 2 is 1.75 bits per heavy atom. The average molecular weight is 278 g/mol. The molecule has 2 unspecified atom stereocenters.